The molecule has 3 aromatic heterocycles. The molecule has 0 atom stereocenters. The van der Waals surface area contributed by atoms with Crippen molar-refractivity contribution in [1.82, 2.24) is 24.1 Å². The highest BCUT2D eigenvalue weighted by Gasteiger charge is 2.23. The first-order valence-corrected chi connectivity index (χ1v) is 21.5. The molecule has 294 valence electrons. The third-order valence-corrected chi connectivity index (χ3v) is 12.8. The van der Waals surface area contributed by atoms with Gasteiger partial charge in [0.15, 0.2) is 17.5 Å². The van der Waals surface area contributed by atoms with Gasteiger partial charge in [-0.1, -0.05) is 146 Å². The second-order valence-electron chi connectivity index (χ2n) is 16.4. The Morgan fingerprint density at radius 3 is 1.29 bits per heavy atom. The van der Waals surface area contributed by atoms with Crippen molar-refractivity contribution < 1.29 is 0 Å². The maximum atomic E-state index is 5.02. The summed E-state index contributed by atoms with van der Waals surface area (Å²) in [5.41, 5.74) is 17.6. The van der Waals surface area contributed by atoms with Crippen LogP contribution in [0.25, 0.3) is 111 Å². The normalized spacial score (nSPS) is 12.1. The molecule has 5 heteroatoms. The topological polar surface area (TPSA) is 48.5 Å². The Labute approximate surface area is 363 Å². The Balaban J connectivity index is 0.874. The van der Waals surface area contributed by atoms with E-state index < -0.39 is 0 Å². The van der Waals surface area contributed by atoms with Gasteiger partial charge in [-0.2, -0.15) is 0 Å². The molecule has 3 heterocycles. The lowest BCUT2D eigenvalue weighted by atomic mass is 10.0. The summed E-state index contributed by atoms with van der Waals surface area (Å²) < 4.78 is 4.80. The standard InChI is InChI=1S/C58H37N5/c1-4-14-37(15-5-1)56-59-57(38-16-6-2-7-17-38)61-58(60-56)41-24-28-46-42(32-41)33-43-34-45(27-29-47(43)46)63-53-23-13-11-21-49(53)51-36-40(26-31-55(51)63)39-25-30-54-50(35-39)48-20-10-12-22-52(48)62(54)44-18-8-3-9-19-44/h1-32,34-36H,33H2. The highest BCUT2D eigenvalue weighted by Crippen LogP contribution is 2.42. The maximum Gasteiger partial charge on any atom is 0.164 e. The van der Waals surface area contributed by atoms with Crippen molar-refractivity contribution in [2.75, 3.05) is 0 Å². The van der Waals surface area contributed by atoms with Crippen LogP contribution in [0.4, 0.5) is 0 Å². The lowest BCUT2D eigenvalue weighted by Crippen LogP contribution is -2.00. The highest BCUT2D eigenvalue weighted by molar-refractivity contribution is 6.12. The van der Waals surface area contributed by atoms with Gasteiger partial charge in [-0.15, -0.1) is 0 Å². The number of fused-ring (bicyclic) bond motifs is 9. The summed E-state index contributed by atoms with van der Waals surface area (Å²) in [6, 6.07) is 76.0. The van der Waals surface area contributed by atoms with Crippen LogP contribution in [0.2, 0.25) is 0 Å². The first-order chi connectivity index (χ1) is 31.2. The van der Waals surface area contributed by atoms with Crippen LogP contribution in [0.3, 0.4) is 0 Å². The van der Waals surface area contributed by atoms with E-state index in [9.17, 15) is 0 Å². The van der Waals surface area contributed by atoms with E-state index in [0.717, 1.165) is 28.8 Å². The average Bonchev–Trinajstić information content (AvgIpc) is 4.01. The van der Waals surface area contributed by atoms with E-state index in [1.54, 1.807) is 0 Å². The minimum atomic E-state index is 0.666. The fourth-order valence-corrected chi connectivity index (χ4v) is 9.85. The predicted molar refractivity (Wildman–Crippen MR) is 258 cm³/mol. The largest absolute Gasteiger partial charge is 0.309 e. The SMILES string of the molecule is c1ccc(-c2nc(-c3ccccc3)nc(-c3ccc4c(c3)Cc3cc(-n5c6ccccc6c6cc(-c7ccc8c(c7)c7ccccc7n8-c7ccccc7)ccc65)ccc3-4)n2)cc1. The van der Waals surface area contributed by atoms with Crippen molar-refractivity contribution in [3.05, 3.63) is 223 Å². The zero-order valence-electron chi connectivity index (χ0n) is 34.2. The molecule has 0 aliphatic heterocycles. The average molecular weight is 804 g/mol. The van der Waals surface area contributed by atoms with E-state index in [0.29, 0.717) is 17.5 Å². The quantitative estimate of drug-likeness (QED) is 0.168. The molecular formula is C58H37N5. The molecule has 5 nitrogen and oxygen atoms in total. The maximum absolute atomic E-state index is 5.02. The van der Waals surface area contributed by atoms with E-state index in [2.05, 4.69) is 161 Å². The van der Waals surface area contributed by atoms with Crippen molar-refractivity contribution in [3.8, 4) is 67.8 Å². The first-order valence-electron chi connectivity index (χ1n) is 21.5. The Hall–Kier alpha value is -8.41. The van der Waals surface area contributed by atoms with Gasteiger partial charge in [0.2, 0.25) is 0 Å². The second-order valence-corrected chi connectivity index (χ2v) is 16.4. The summed E-state index contributed by atoms with van der Waals surface area (Å²) in [5, 5.41) is 4.99. The summed E-state index contributed by atoms with van der Waals surface area (Å²) in [6.45, 7) is 0. The minimum absolute atomic E-state index is 0.666. The van der Waals surface area contributed by atoms with Gasteiger partial charge in [-0.3, -0.25) is 0 Å². The zero-order valence-corrected chi connectivity index (χ0v) is 34.2. The number of hydrogen-bond acceptors (Lipinski definition) is 3. The molecule has 9 aromatic carbocycles. The number of rotatable bonds is 6. The molecule has 1 aliphatic carbocycles. The van der Waals surface area contributed by atoms with Gasteiger partial charge < -0.3 is 9.13 Å². The van der Waals surface area contributed by atoms with E-state index in [1.807, 2.05) is 60.7 Å². The van der Waals surface area contributed by atoms with E-state index >= 15 is 0 Å². The van der Waals surface area contributed by atoms with Crippen LogP contribution in [0.5, 0.6) is 0 Å². The van der Waals surface area contributed by atoms with Crippen LogP contribution in [0.15, 0.2) is 212 Å². The molecule has 0 unspecified atom stereocenters. The van der Waals surface area contributed by atoms with Crippen molar-refractivity contribution in [2.24, 2.45) is 0 Å². The Morgan fingerprint density at radius 2 is 0.714 bits per heavy atom. The predicted octanol–water partition coefficient (Wildman–Crippen LogP) is 14.3. The fraction of sp³-hybridized carbons (Fsp3) is 0.0172. The van der Waals surface area contributed by atoms with Gasteiger partial charge in [-0.05, 0) is 107 Å². The van der Waals surface area contributed by atoms with Crippen LogP contribution in [0.1, 0.15) is 11.1 Å². The van der Waals surface area contributed by atoms with Crippen LogP contribution < -0.4 is 0 Å². The van der Waals surface area contributed by atoms with Crippen molar-refractivity contribution in [2.45, 2.75) is 6.42 Å². The first kappa shape index (κ1) is 35.4. The molecule has 0 spiro atoms. The third kappa shape index (κ3) is 5.74. The zero-order chi connectivity index (χ0) is 41.4. The summed E-state index contributed by atoms with van der Waals surface area (Å²) in [5.74, 6) is 2.00. The van der Waals surface area contributed by atoms with Crippen molar-refractivity contribution in [1.29, 1.82) is 0 Å². The monoisotopic (exact) mass is 803 g/mol. The van der Waals surface area contributed by atoms with E-state index in [1.165, 1.54) is 82.7 Å². The number of benzene rings is 9. The molecule has 0 radical (unpaired) electrons. The molecule has 63 heavy (non-hydrogen) atoms. The van der Waals surface area contributed by atoms with Gasteiger partial charge in [0.05, 0.1) is 22.1 Å². The molecule has 0 amide bonds. The van der Waals surface area contributed by atoms with Gasteiger partial charge in [0.25, 0.3) is 0 Å². The lowest BCUT2D eigenvalue weighted by Gasteiger charge is -2.11. The molecule has 0 saturated carbocycles. The van der Waals surface area contributed by atoms with Gasteiger partial charge in [0, 0.05) is 49.6 Å². The summed E-state index contributed by atoms with van der Waals surface area (Å²) in [7, 11) is 0. The van der Waals surface area contributed by atoms with Crippen LogP contribution in [-0.2, 0) is 6.42 Å². The van der Waals surface area contributed by atoms with Crippen molar-refractivity contribution in [3.63, 3.8) is 0 Å². The van der Waals surface area contributed by atoms with Crippen molar-refractivity contribution >= 4 is 43.6 Å². The second kappa shape index (κ2) is 14.1. The number of para-hydroxylation sites is 3. The number of hydrogen-bond donors (Lipinski definition) is 0. The number of nitrogens with zero attached hydrogens (tertiary/aromatic N) is 5. The van der Waals surface area contributed by atoms with Gasteiger partial charge in [-0.25, -0.2) is 15.0 Å². The highest BCUT2D eigenvalue weighted by atomic mass is 15.0. The molecule has 1 aliphatic rings. The Bertz CT molecular complexity index is 3700. The smallest absolute Gasteiger partial charge is 0.164 e. The molecular weight excluding hydrogens is 767 g/mol. The molecule has 0 saturated heterocycles. The summed E-state index contributed by atoms with van der Waals surface area (Å²) in [4.78, 5) is 14.9. The molecule has 0 N–H and O–H groups in total. The van der Waals surface area contributed by atoms with E-state index in [-0.39, 0.29) is 0 Å². The Kier molecular flexibility index (Phi) is 7.90. The Morgan fingerprint density at radius 1 is 0.286 bits per heavy atom. The fourth-order valence-electron chi connectivity index (χ4n) is 9.85. The third-order valence-electron chi connectivity index (χ3n) is 12.8. The molecule has 0 fully saturated rings. The molecule has 12 aromatic rings. The molecule has 0 bridgehead atoms. The van der Waals surface area contributed by atoms with E-state index in [4.69, 9.17) is 15.0 Å². The molecule has 13 rings (SSSR count). The summed E-state index contributed by atoms with van der Waals surface area (Å²) in [6.07, 6.45) is 0.832. The van der Waals surface area contributed by atoms with Crippen LogP contribution >= 0.6 is 0 Å². The van der Waals surface area contributed by atoms with Gasteiger partial charge >= 0.3 is 0 Å². The number of aromatic nitrogens is 5. The van der Waals surface area contributed by atoms with Crippen LogP contribution in [-0.4, -0.2) is 24.1 Å². The summed E-state index contributed by atoms with van der Waals surface area (Å²) >= 11 is 0. The van der Waals surface area contributed by atoms with Gasteiger partial charge in [0.1, 0.15) is 0 Å². The lowest BCUT2D eigenvalue weighted by molar-refractivity contribution is 1.07. The minimum Gasteiger partial charge on any atom is -0.309 e. The van der Waals surface area contributed by atoms with Crippen LogP contribution in [0, 0.1) is 0 Å².